The number of hydrogen-bond acceptors (Lipinski definition) is 5. The van der Waals surface area contributed by atoms with Gasteiger partial charge in [0.2, 0.25) is 0 Å². The molecule has 3 aromatic rings. The van der Waals surface area contributed by atoms with E-state index in [-0.39, 0.29) is 11.5 Å². The number of rotatable bonds is 3. The summed E-state index contributed by atoms with van der Waals surface area (Å²) in [4.78, 5) is 35.1. The Kier molecular flexibility index (Phi) is 5.39. The van der Waals surface area contributed by atoms with Gasteiger partial charge in [-0.2, -0.15) is 11.3 Å². The van der Waals surface area contributed by atoms with Crippen molar-refractivity contribution in [3.63, 3.8) is 0 Å². The predicted octanol–water partition coefficient (Wildman–Crippen LogP) is 3.14. The van der Waals surface area contributed by atoms with Crippen molar-refractivity contribution in [3.05, 3.63) is 62.3 Å². The highest BCUT2D eigenvalue weighted by molar-refractivity contribution is 7.07. The van der Waals surface area contributed by atoms with Gasteiger partial charge in [0, 0.05) is 51.3 Å². The first-order valence-electron chi connectivity index (χ1n) is 10.8. The lowest BCUT2D eigenvalue weighted by atomic mass is 10.1. The van der Waals surface area contributed by atoms with Gasteiger partial charge in [0.1, 0.15) is 5.82 Å². The molecule has 1 amide bonds. The van der Waals surface area contributed by atoms with E-state index < -0.39 is 0 Å². The zero-order chi connectivity index (χ0) is 20.5. The van der Waals surface area contributed by atoms with E-state index in [9.17, 15) is 9.59 Å². The number of amides is 1. The van der Waals surface area contributed by atoms with Crippen LogP contribution in [0.4, 0.5) is 0 Å². The molecule has 156 valence electrons. The average Bonchev–Trinajstić information content (AvgIpc) is 3.16. The highest BCUT2D eigenvalue weighted by atomic mass is 32.1. The van der Waals surface area contributed by atoms with E-state index in [4.69, 9.17) is 4.98 Å². The van der Waals surface area contributed by atoms with E-state index in [0.29, 0.717) is 16.5 Å². The Labute approximate surface area is 179 Å². The second kappa shape index (κ2) is 8.32. The number of carbonyl (C=O) groups excluding carboxylic acids is 1. The number of carbonyl (C=O) groups is 1. The lowest BCUT2D eigenvalue weighted by Gasteiger charge is -2.34. The van der Waals surface area contributed by atoms with Crippen LogP contribution in [-0.2, 0) is 19.5 Å². The molecule has 2 aliphatic heterocycles. The quantitative estimate of drug-likeness (QED) is 0.651. The minimum Gasteiger partial charge on any atom is -0.336 e. The van der Waals surface area contributed by atoms with E-state index in [2.05, 4.69) is 21.7 Å². The first kappa shape index (κ1) is 19.5. The molecule has 4 heterocycles. The number of nitrogens with zero attached hydrogens (tertiary/aromatic N) is 4. The summed E-state index contributed by atoms with van der Waals surface area (Å²) in [6, 6.07) is 7.54. The molecule has 1 saturated heterocycles. The molecule has 30 heavy (non-hydrogen) atoms. The predicted molar refractivity (Wildman–Crippen MR) is 119 cm³/mol. The van der Waals surface area contributed by atoms with Crippen LogP contribution >= 0.6 is 11.3 Å². The third-order valence-corrected chi connectivity index (χ3v) is 6.94. The maximum absolute atomic E-state index is 13.1. The Morgan fingerprint density at radius 3 is 2.70 bits per heavy atom. The first-order valence-corrected chi connectivity index (χ1v) is 11.7. The minimum atomic E-state index is 0.0259. The molecule has 0 N–H and O–H groups in total. The standard InChI is InChI=1S/C23H26N4O2S/c28-22(26-11-9-25(10-12-26)15-17-7-13-30-16-17)18-5-6-19-20(14-18)24-21-4-2-1-3-8-27(21)23(19)29/h5-7,13-14,16H,1-4,8-12,15H2. The van der Waals surface area contributed by atoms with Gasteiger partial charge in [-0.1, -0.05) is 6.42 Å². The second-order valence-corrected chi connectivity index (χ2v) is 9.01. The zero-order valence-electron chi connectivity index (χ0n) is 17.0. The molecule has 6 nitrogen and oxygen atoms in total. The lowest BCUT2D eigenvalue weighted by molar-refractivity contribution is 0.0629. The monoisotopic (exact) mass is 422 g/mol. The largest absolute Gasteiger partial charge is 0.336 e. The molecule has 0 unspecified atom stereocenters. The van der Waals surface area contributed by atoms with E-state index >= 15 is 0 Å². The molecule has 0 atom stereocenters. The van der Waals surface area contributed by atoms with Crippen LogP contribution in [0.25, 0.3) is 10.9 Å². The number of fused-ring (bicyclic) bond motifs is 2. The summed E-state index contributed by atoms with van der Waals surface area (Å²) in [6.45, 7) is 4.89. The molecular formula is C23H26N4O2S. The van der Waals surface area contributed by atoms with Crippen LogP contribution in [-0.4, -0.2) is 51.4 Å². The van der Waals surface area contributed by atoms with Gasteiger partial charge in [-0.3, -0.25) is 19.1 Å². The van der Waals surface area contributed by atoms with Crippen molar-refractivity contribution in [2.45, 2.75) is 38.8 Å². The number of thiophene rings is 1. The third-order valence-electron chi connectivity index (χ3n) is 6.21. The highest BCUT2D eigenvalue weighted by Gasteiger charge is 2.23. The summed E-state index contributed by atoms with van der Waals surface area (Å²) >= 11 is 1.72. The van der Waals surface area contributed by atoms with Crippen LogP contribution in [0.1, 0.15) is 41.0 Å². The van der Waals surface area contributed by atoms with Gasteiger partial charge in [-0.15, -0.1) is 0 Å². The van der Waals surface area contributed by atoms with E-state index in [1.807, 2.05) is 15.5 Å². The van der Waals surface area contributed by atoms with Crippen molar-refractivity contribution in [1.82, 2.24) is 19.4 Å². The molecule has 0 aliphatic carbocycles. The summed E-state index contributed by atoms with van der Waals surface area (Å²) in [7, 11) is 0. The topological polar surface area (TPSA) is 58.4 Å². The maximum atomic E-state index is 13.1. The Balaban J connectivity index is 1.33. The van der Waals surface area contributed by atoms with Crippen LogP contribution < -0.4 is 5.56 Å². The third kappa shape index (κ3) is 3.79. The average molecular weight is 423 g/mol. The number of aromatic nitrogens is 2. The van der Waals surface area contributed by atoms with Crippen LogP contribution in [0, 0.1) is 0 Å². The van der Waals surface area contributed by atoms with Crippen LogP contribution in [0.2, 0.25) is 0 Å². The summed E-state index contributed by atoms with van der Waals surface area (Å²) < 4.78 is 1.82. The smallest absolute Gasteiger partial charge is 0.261 e. The van der Waals surface area contributed by atoms with Gasteiger partial charge in [0.15, 0.2) is 0 Å². The van der Waals surface area contributed by atoms with Gasteiger partial charge >= 0.3 is 0 Å². The number of hydrogen-bond donors (Lipinski definition) is 0. The minimum absolute atomic E-state index is 0.0259. The van der Waals surface area contributed by atoms with Gasteiger partial charge in [-0.05, 0) is 53.4 Å². The maximum Gasteiger partial charge on any atom is 0.261 e. The molecule has 1 fully saturated rings. The molecule has 0 bridgehead atoms. The molecule has 0 spiro atoms. The SMILES string of the molecule is O=C(c1ccc2c(=O)n3c(nc2c1)CCCCC3)N1CCN(Cc2ccsc2)CC1. The normalized spacial score (nSPS) is 17.7. The van der Waals surface area contributed by atoms with Crippen molar-refractivity contribution >= 4 is 28.1 Å². The summed E-state index contributed by atoms with van der Waals surface area (Å²) in [5.41, 5.74) is 2.64. The fraction of sp³-hybridized carbons (Fsp3) is 0.435. The second-order valence-electron chi connectivity index (χ2n) is 8.23. The molecule has 2 aliphatic rings. The molecular weight excluding hydrogens is 396 g/mol. The molecule has 1 aromatic carbocycles. The van der Waals surface area contributed by atoms with Crippen LogP contribution in [0.5, 0.6) is 0 Å². The molecule has 5 rings (SSSR count). The van der Waals surface area contributed by atoms with E-state index in [1.165, 1.54) is 5.56 Å². The van der Waals surface area contributed by atoms with Crippen LogP contribution in [0.3, 0.4) is 0 Å². The van der Waals surface area contributed by atoms with Crippen molar-refractivity contribution in [1.29, 1.82) is 0 Å². The Morgan fingerprint density at radius 2 is 1.90 bits per heavy atom. The van der Waals surface area contributed by atoms with Crippen molar-refractivity contribution in [2.75, 3.05) is 26.2 Å². The molecule has 0 saturated carbocycles. The van der Waals surface area contributed by atoms with Crippen molar-refractivity contribution in [2.24, 2.45) is 0 Å². The van der Waals surface area contributed by atoms with E-state index in [1.54, 1.807) is 23.5 Å². The first-order chi connectivity index (χ1) is 14.7. The Hall–Kier alpha value is -2.51. The fourth-order valence-electron chi connectivity index (χ4n) is 4.48. The highest BCUT2D eigenvalue weighted by Crippen LogP contribution is 2.18. The zero-order valence-corrected chi connectivity index (χ0v) is 17.9. The summed E-state index contributed by atoms with van der Waals surface area (Å²) in [6.07, 6.45) is 4.04. The van der Waals surface area contributed by atoms with Gasteiger partial charge in [0.25, 0.3) is 11.5 Å². The molecule has 0 radical (unpaired) electrons. The molecule has 7 heteroatoms. The lowest BCUT2D eigenvalue weighted by Crippen LogP contribution is -2.48. The van der Waals surface area contributed by atoms with Crippen molar-refractivity contribution in [3.8, 4) is 0 Å². The van der Waals surface area contributed by atoms with Crippen molar-refractivity contribution < 1.29 is 4.79 Å². The number of aryl methyl sites for hydroxylation is 1. The molecule has 2 aromatic heterocycles. The van der Waals surface area contributed by atoms with Gasteiger partial charge < -0.3 is 4.90 Å². The van der Waals surface area contributed by atoms with Gasteiger partial charge in [0.05, 0.1) is 10.9 Å². The Bertz CT molecular complexity index is 1110. The number of benzene rings is 1. The summed E-state index contributed by atoms with van der Waals surface area (Å²) in [5.74, 6) is 0.889. The fourth-order valence-corrected chi connectivity index (χ4v) is 5.14. The van der Waals surface area contributed by atoms with Crippen LogP contribution in [0.15, 0.2) is 39.8 Å². The summed E-state index contributed by atoms with van der Waals surface area (Å²) in [5, 5.41) is 4.90. The number of piperazine rings is 1. The Morgan fingerprint density at radius 1 is 1.03 bits per heavy atom. The van der Waals surface area contributed by atoms with Gasteiger partial charge in [-0.25, -0.2) is 4.98 Å². The van der Waals surface area contributed by atoms with E-state index in [0.717, 1.165) is 70.8 Å².